The van der Waals surface area contributed by atoms with Gasteiger partial charge in [-0.25, -0.2) is 0 Å². The summed E-state index contributed by atoms with van der Waals surface area (Å²) in [6, 6.07) is 24.3. The van der Waals surface area contributed by atoms with Gasteiger partial charge in [-0.15, -0.1) is 0 Å². The zero-order valence-corrected chi connectivity index (χ0v) is 15.5. The van der Waals surface area contributed by atoms with Crippen molar-refractivity contribution < 1.29 is 25.8 Å². The van der Waals surface area contributed by atoms with Crippen LogP contribution in [0.5, 0.6) is 5.75 Å². The number of benzene rings is 3. The van der Waals surface area contributed by atoms with E-state index in [-0.39, 0.29) is 5.75 Å². The maximum absolute atomic E-state index is 12.8. The fourth-order valence-corrected chi connectivity index (χ4v) is 5.37. The molecule has 3 aromatic rings. The Morgan fingerprint density at radius 3 is 1.63 bits per heavy atom. The first kappa shape index (κ1) is 19.3. The second-order valence-corrected chi connectivity index (χ2v) is 9.18. The molecular formula is C19H15F3O3S2. The molecule has 142 valence electrons. The van der Waals surface area contributed by atoms with Gasteiger partial charge in [-0.05, 0) is 46.2 Å². The third kappa shape index (κ3) is 4.28. The van der Waals surface area contributed by atoms with Gasteiger partial charge in [-0.1, -0.05) is 48.5 Å². The third-order valence-electron chi connectivity index (χ3n) is 3.62. The van der Waals surface area contributed by atoms with Gasteiger partial charge in [0.25, 0.3) is 0 Å². The van der Waals surface area contributed by atoms with Crippen LogP contribution >= 0.6 is 10.9 Å². The van der Waals surface area contributed by atoms with Gasteiger partial charge in [0.15, 0.2) is 5.75 Å². The van der Waals surface area contributed by atoms with Crippen LogP contribution in [-0.2, 0) is 10.1 Å². The molecule has 0 unspecified atom stereocenters. The van der Waals surface area contributed by atoms with Crippen molar-refractivity contribution >= 4 is 21.0 Å². The third-order valence-corrected chi connectivity index (χ3v) is 7.06. The Morgan fingerprint density at radius 1 is 0.704 bits per heavy atom. The lowest BCUT2D eigenvalue weighted by atomic mass is 10.3. The molecule has 3 nitrogen and oxygen atoms in total. The molecule has 0 aliphatic carbocycles. The lowest BCUT2D eigenvalue weighted by molar-refractivity contribution is -0.0500. The zero-order chi connectivity index (χ0) is 19.5. The first-order valence-electron chi connectivity index (χ1n) is 7.79. The van der Waals surface area contributed by atoms with Gasteiger partial charge in [0.1, 0.15) is 0 Å². The van der Waals surface area contributed by atoms with Crippen LogP contribution in [0.25, 0.3) is 0 Å². The summed E-state index contributed by atoms with van der Waals surface area (Å²) in [6.45, 7) is 0. The summed E-state index contributed by atoms with van der Waals surface area (Å²) >= 11 is 0. The normalized spacial score (nSPS) is 12.5. The molecule has 0 aliphatic rings. The highest BCUT2D eigenvalue weighted by Gasteiger charge is 2.48. The molecule has 8 heteroatoms. The minimum atomic E-state index is -5.76. The maximum Gasteiger partial charge on any atom is 0.534 e. The molecule has 0 spiro atoms. The van der Waals surface area contributed by atoms with E-state index in [0.717, 1.165) is 9.79 Å². The summed E-state index contributed by atoms with van der Waals surface area (Å²) in [4.78, 5) is 2.11. The van der Waals surface area contributed by atoms with E-state index in [1.807, 2.05) is 60.7 Å². The smallest absolute Gasteiger partial charge is 0.375 e. The number of para-hydroxylation sites is 1. The van der Waals surface area contributed by atoms with Gasteiger partial charge < -0.3 is 4.18 Å². The fraction of sp³-hybridized carbons (Fsp3) is 0.0526. The SMILES string of the molecule is O=S(=O)(Oc1ccccc1[SH](c1ccccc1)c1ccccc1)C(F)(F)F. The standard InChI is InChI=1S/C19H15F3O3S2/c20-19(21,22)27(23,24)25-17-13-7-8-14-18(17)26(15-9-3-1-4-10-15)16-11-5-2-6-12-16/h1-14,26H. The number of halogens is 3. The van der Waals surface area contributed by atoms with Crippen LogP contribution in [0.15, 0.2) is 99.6 Å². The van der Waals surface area contributed by atoms with Crippen molar-refractivity contribution in [2.75, 3.05) is 0 Å². The molecule has 0 amide bonds. The van der Waals surface area contributed by atoms with Crippen molar-refractivity contribution in [1.82, 2.24) is 0 Å². The van der Waals surface area contributed by atoms with Crippen LogP contribution < -0.4 is 4.18 Å². The van der Waals surface area contributed by atoms with Gasteiger partial charge in [-0.2, -0.15) is 32.5 Å². The van der Waals surface area contributed by atoms with E-state index in [1.54, 1.807) is 12.1 Å². The van der Waals surface area contributed by atoms with Crippen molar-refractivity contribution in [2.45, 2.75) is 20.2 Å². The topological polar surface area (TPSA) is 43.4 Å². The molecule has 3 rings (SSSR count). The lowest BCUT2D eigenvalue weighted by Gasteiger charge is -2.25. The second-order valence-electron chi connectivity index (χ2n) is 5.46. The molecule has 0 heterocycles. The van der Waals surface area contributed by atoms with Gasteiger partial charge >= 0.3 is 15.6 Å². The Labute approximate surface area is 157 Å². The molecule has 0 radical (unpaired) electrons. The predicted molar refractivity (Wildman–Crippen MR) is 98.7 cm³/mol. The Bertz CT molecular complexity index is 966. The molecule has 0 fully saturated rings. The first-order chi connectivity index (χ1) is 12.8. The zero-order valence-electron chi connectivity index (χ0n) is 13.8. The van der Waals surface area contributed by atoms with Gasteiger partial charge in [0.2, 0.25) is 0 Å². The number of alkyl halides is 3. The average molecular weight is 412 g/mol. The van der Waals surface area contributed by atoms with Crippen molar-refractivity contribution in [1.29, 1.82) is 0 Å². The van der Waals surface area contributed by atoms with E-state index in [0.29, 0.717) is 4.90 Å². The molecule has 0 saturated carbocycles. The van der Waals surface area contributed by atoms with Crippen molar-refractivity contribution in [3.05, 3.63) is 84.9 Å². The van der Waals surface area contributed by atoms with Crippen LogP contribution in [0, 0.1) is 0 Å². The van der Waals surface area contributed by atoms with E-state index in [2.05, 4.69) is 4.18 Å². The van der Waals surface area contributed by atoms with E-state index in [9.17, 15) is 21.6 Å². The number of rotatable bonds is 5. The molecule has 27 heavy (non-hydrogen) atoms. The first-order valence-corrected chi connectivity index (χ1v) is 10.5. The van der Waals surface area contributed by atoms with Crippen LogP contribution in [0.2, 0.25) is 0 Å². The monoisotopic (exact) mass is 412 g/mol. The van der Waals surface area contributed by atoms with E-state index >= 15 is 0 Å². The number of hydrogen-bond donors (Lipinski definition) is 1. The summed E-state index contributed by atoms with van der Waals surface area (Å²) in [5.74, 6) is -0.325. The van der Waals surface area contributed by atoms with E-state index < -0.39 is 26.5 Å². The Balaban J connectivity index is 2.15. The molecule has 0 saturated heterocycles. The van der Waals surface area contributed by atoms with Crippen LogP contribution in [0.3, 0.4) is 0 Å². The van der Waals surface area contributed by atoms with Gasteiger partial charge in [0.05, 0.1) is 0 Å². The van der Waals surface area contributed by atoms with Crippen LogP contribution in [0.1, 0.15) is 0 Å². The van der Waals surface area contributed by atoms with Crippen molar-refractivity contribution in [3.8, 4) is 5.75 Å². The number of thiol groups is 1. The van der Waals surface area contributed by atoms with Crippen LogP contribution in [0.4, 0.5) is 13.2 Å². The molecule has 0 aliphatic heterocycles. The highest BCUT2D eigenvalue weighted by Crippen LogP contribution is 2.54. The molecule has 0 bridgehead atoms. The van der Waals surface area contributed by atoms with E-state index in [4.69, 9.17) is 0 Å². The predicted octanol–water partition coefficient (Wildman–Crippen LogP) is 5.39. The largest absolute Gasteiger partial charge is 0.534 e. The van der Waals surface area contributed by atoms with Crippen molar-refractivity contribution in [2.24, 2.45) is 0 Å². The summed E-state index contributed by atoms with van der Waals surface area (Å²) < 4.78 is 65.9. The minimum Gasteiger partial charge on any atom is -0.375 e. The minimum absolute atomic E-state index is 0.325. The van der Waals surface area contributed by atoms with E-state index in [1.165, 1.54) is 12.1 Å². The molecule has 0 N–H and O–H groups in total. The summed E-state index contributed by atoms with van der Waals surface area (Å²) in [6.07, 6.45) is 0. The summed E-state index contributed by atoms with van der Waals surface area (Å²) in [5, 5.41) is 0. The summed E-state index contributed by atoms with van der Waals surface area (Å²) in [7, 11) is -7.07. The summed E-state index contributed by atoms with van der Waals surface area (Å²) in [5.41, 5.74) is -5.50. The molecule has 0 atom stereocenters. The number of hydrogen-bond acceptors (Lipinski definition) is 3. The Morgan fingerprint density at radius 2 is 1.15 bits per heavy atom. The lowest BCUT2D eigenvalue weighted by Crippen LogP contribution is -2.28. The fourth-order valence-electron chi connectivity index (χ4n) is 2.46. The Kier molecular flexibility index (Phi) is 5.48. The highest BCUT2D eigenvalue weighted by molar-refractivity contribution is 8.17. The van der Waals surface area contributed by atoms with Crippen molar-refractivity contribution in [3.63, 3.8) is 0 Å². The highest BCUT2D eigenvalue weighted by atomic mass is 32.2. The van der Waals surface area contributed by atoms with Gasteiger partial charge in [-0.3, -0.25) is 0 Å². The van der Waals surface area contributed by atoms with Crippen LogP contribution in [-0.4, -0.2) is 13.9 Å². The molecular weight excluding hydrogens is 397 g/mol. The quantitative estimate of drug-likeness (QED) is 0.347. The molecule has 3 aromatic carbocycles. The Hall–Kier alpha value is -2.45. The van der Waals surface area contributed by atoms with Gasteiger partial charge in [0, 0.05) is 4.90 Å². The molecule has 0 aromatic heterocycles. The maximum atomic E-state index is 12.8. The second kappa shape index (κ2) is 7.66. The average Bonchev–Trinajstić information content (AvgIpc) is 2.64.